The summed E-state index contributed by atoms with van der Waals surface area (Å²) in [7, 11) is -2.99. The molecule has 3 N–H and O–H groups in total. The second-order valence-electron chi connectivity index (χ2n) is 5.00. The average Bonchev–Trinajstić information content (AvgIpc) is 2.71. The van der Waals surface area contributed by atoms with E-state index in [0.717, 1.165) is 0 Å². The molecule has 0 aromatic carbocycles. The molecule has 0 bridgehead atoms. The molecule has 0 aromatic heterocycles. The Balaban J connectivity index is 1.76. The van der Waals surface area contributed by atoms with E-state index in [2.05, 4.69) is 5.32 Å². The van der Waals surface area contributed by atoms with Crippen molar-refractivity contribution in [1.29, 1.82) is 0 Å². The Morgan fingerprint density at radius 3 is 2.39 bits per heavy atom. The number of aliphatic hydroxyl groups is 2. The van der Waals surface area contributed by atoms with Crippen molar-refractivity contribution in [3.05, 3.63) is 0 Å². The SMILES string of the molecule is O=C(CN1C[C@@H](O)[C@@H](O)C1)NC1CCS(=O)(=O)C1. The molecule has 8 heteroatoms. The van der Waals surface area contributed by atoms with Crippen LogP contribution in [0.5, 0.6) is 0 Å². The van der Waals surface area contributed by atoms with Crippen molar-refractivity contribution in [1.82, 2.24) is 10.2 Å². The zero-order chi connectivity index (χ0) is 13.3. The van der Waals surface area contributed by atoms with Gasteiger partial charge in [-0.1, -0.05) is 0 Å². The number of aliphatic hydroxyl groups excluding tert-OH is 2. The number of sulfone groups is 1. The number of likely N-dealkylation sites (tertiary alicyclic amines) is 1. The van der Waals surface area contributed by atoms with Gasteiger partial charge in [-0.25, -0.2) is 8.42 Å². The fourth-order valence-electron chi connectivity index (χ4n) is 2.36. The van der Waals surface area contributed by atoms with Crippen LogP contribution in [0.1, 0.15) is 6.42 Å². The van der Waals surface area contributed by atoms with Crippen molar-refractivity contribution in [2.24, 2.45) is 0 Å². The molecule has 7 nitrogen and oxygen atoms in total. The van der Waals surface area contributed by atoms with E-state index in [1.807, 2.05) is 0 Å². The van der Waals surface area contributed by atoms with E-state index in [-0.39, 0.29) is 43.1 Å². The number of amides is 1. The van der Waals surface area contributed by atoms with E-state index in [4.69, 9.17) is 0 Å². The molecule has 0 aliphatic carbocycles. The summed E-state index contributed by atoms with van der Waals surface area (Å²) in [6, 6.07) is -0.306. The van der Waals surface area contributed by atoms with Gasteiger partial charge in [-0.05, 0) is 6.42 Å². The zero-order valence-electron chi connectivity index (χ0n) is 9.95. The highest BCUT2D eigenvalue weighted by atomic mass is 32.2. The van der Waals surface area contributed by atoms with Crippen molar-refractivity contribution in [3.63, 3.8) is 0 Å². The van der Waals surface area contributed by atoms with Gasteiger partial charge in [0.2, 0.25) is 5.91 Å². The van der Waals surface area contributed by atoms with Crippen LogP contribution in [0.2, 0.25) is 0 Å². The molecule has 3 atom stereocenters. The van der Waals surface area contributed by atoms with Crippen molar-refractivity contribution >= 4 is 15.7 Å². The molecule has 2 aliphatic rings. The van der Waals surface area contributed by atoms with Crippen molar-refractivity contribution in [3.8, 4) is 0 Å². The molecular formula is C10H18N2O5S. The van der Waals surface area contributed by atoms with Crippen LogP contribution >= 0.6 is 0 Å². The number of hydrogen-bond donors (Lipinski definition) is 3. The molecule has 1 unspecified atom stereocenters. The van der Waals surface area contributed by atoms with Crippen LogP contribution < -0.4 is 5.32 Å². The Morgan fingerprint density at radius 2 is 1.89 bits per heavy atom. The molecule has 2 rings (SSSR count). The molecule has 2 aliphatic heterocycles. The summed E-state index contributed by atoms with van der Waals surface area (Å²) in [6.07, 6.45) is -1.17. The summed E-state index contributed by atoms with van der Waals surface area (Å²) in [4.78, 5) is 13.3. The van der Waals surface area contributed by atoms with Gasteiger partial charge < -0.3 is 15.5 Å². The normalized spacial score (nSPS) is 35.8. The number of carbonyl (C=O) groups is 1. The first-order valence-corrected chi connectivity index (χ1v) is 7.76. The highest BCUT2D eigenvalue weighted by molar-refractivity contribution is 7.91. The smallest absolute Gasteiger partial charge is 0.234 e. The van der Waals surface area contributed by atoms with Gasteiger partial charge in [-0.15, -0.1) is 0 Å². The summed E-state index contributed by atoms with van der Waals surface area (Å²) >= 11 is 0. The van der Waals surface area contributed by atoms with Crippen LogP contribution in [0.25, 0.3) is 0 Å². The fraction of sp³-hybridized carbons (Fsp3) is 0.900. The first-order chi connectivity index (χ1) is 8.35. The van der Waals surface area contributed by atoms with E-state index >= 15 is 0 Å². The summed E-state index contributed by atoms with van der Waals surface area (Å²) in [6.45, 7) is 0.597. The first kappa shape index (κ1) is 13.7. The quantitative estimate of drug-likeness (QED) is 0.520. The largest absolute Gasteiger partial charge is 0.389 e. The maximum absolute atomic E-state index is 11.7. The Morgan fingerprint density at radius 1 is 1.28 bits per heavy atom. The Labute approximate surface area is 106 Å². The summed E-state index contributed by atoms with van der Waals surface area (Å²) in [5.41, 5.74) is 0. The van der Waals surface area contributed by atoms with Gasteiger partial charge in [0.15, 0.2) is 9.84 Å². The lowest BCUT2D eigenvalue weighted by Crippen LogP contribution is -2.42. The molecule has 0 spiro atoms. The predicted octanol–water partition coefficient (Wildman–Crippen LogP) is -2.67. The Bertz CT molecular complexity index is 414. The number of nitrogens with one attached hydrogen (secondary N) is 1. The van der Waals surface area contributed by atoms with Crippen LogP contribution in [0.3, 0.4) is 0 Å². The molecule has 104 valence electrons. The monoisotopic (exact) mass is 278 g/mol. The standard InChI is InChI=1S/C10H18N2O5S/c13-8-3-12(4-9(8)14)5-10(15)11-7-1-2-18(16,17)6-7/h7-9,13-14H,1-6H2,(H,11,15)/t7?,8-,9+. The van der Waals surface area contributed by atoms with Gasteiger partial charge in [-0.3, -0.25) is 9.69 Å². The number of carbonyl (C=O) groups excluding carboxylic acids is 1. The van der Waals surface area contributed by atoms with Gasteiger partial charge in [0.1, 0.15) is 0 Å². The van der Waals surface area contributed by atoms with E-state index in [0.29, 0.717) is 6.42 Å². The molecule has 2 saturated heterocycles. The van der Waals surface area contributed by atoms with Crippen LogP contribution in [0, 0.1) is 0 Å². The highest BCUT2D eigenvalue weighted by Gasteiger charge is 2.32. The number of hydrogen-bond acceptors (Lipinski definition) is 6. The van der Waals surface area contributed by atoms with Gasteiger partial charge in [-0.2, -0.15) is 0 Å². The lowest BCUT2D eigenvalue weighted by Gasteiger charge is -2.16. The predicted molar refractivity (Wildman–Crippen MR) is 63.7 cm³/mol. The van der Waals surface area contributed by atoms with Gasteiger partial charge in [0.25, 0.3) is 0 Å². The number of rotatable bonds is 3. The maximum Gasteiger partial charge on any atom is 0.234 e. The first-order valence-electron chi connectivity index (χ1n) is 5.94. The topological polar surface area (TPSA) is 107 Å². The minimum Gasteiger partial charge on any atom is -0.389 e. The maximum atomic E-state index is 11.7. The molecule has 0 radical (unpaired) electrons. The third-order valence-corrected chi connectivity index (χ3v) is 5.07. The second kappa shape index (κ2) is 5.12. The van der Waals surface area contributed by atoms with Crippen LogP contribution in [-0.2, 0) is 14.6 Å². The number of β-amino-alcohol motifs (C(OH)–C–C–N with tert-alkyl or cyclic N) is 2. The molecular weight excluding hydrogens is 260 g/mol. The zero-order valence-corrected chi connectivity index (χ0v) is 10.8. The summed E-state index contributed by atoms with van der Waals surface area (Å²) in [5.74, 6) is -0.137. The molecule has 1 amide bonds. The highest BCUT2D eigenvalue weighted by Crippen LogP contribution is 2.12. The lowest BCUT2D eigenvalue weighted by atomic mass is 10.2. The van der Waals surface area contributed by atoms with Gasteiger partial charge >= 0.3 is 0 Å². The third kappa shape index (κ3) is 3.41. The van der Waals surface area contributed by atoms with E-state index in [1.165, 1.54) is 0 Å². The molecule has 2 fully saturated rings. The van der Waals surface area contributed by atoms with E-state index in [1.54, 1.807) is 4.90 Å². The minimum absolute atomic E-state index is 0.00396. The molecule has 18 heavy (non-hydrogen) atoms. The number of nitrogens with zero attached hydrogens (tertiary/aromatic N) is 1. The molecule has 0 saturated carbocycles. The third-order valence-electron chi connectivity index (χ3n) is 3.30. The van der Waals surface area contributed by atoms with E-state index < -0.39 is 22.0 Å². The van der Waals surface area contributed by atoms with Crippen LogP contribution in [-0.4, -0.2) is 78.8 Å². The summed E-state index contributed by atoms with van der Waals surface area (Å²) < 4.78 is 22.5. The Hall–Kier alpha value is -0.700. The molecule has 0 aromatic rings. The van der Waals surface area contributed by atoms with Crippen molar-refractivity contribution in [2.45, 2.75) is 24.7 Å². The fourth-order valence-corrected chi connectivity index (χ4v) is 4.03. The van der Waals surface area contributed by atoms with Gasteiger partial charge in [0, 0.05) is 19.1 Å². The van der Waals surface area contributed by atoms with Crippen molar-refractivity contribution < 1.29 is 23.4 Å². The van der Waals surface area contributed by atoms with Crippen LogP contribution in [0.4, 0.5) is 0 Å². The van der Waals surface area contributed by atoms with E-state index in [9.17, 15) is 23.4 Å². The minimum atomic E-state index is -2.99. The summed E-state index contributed by atoms with van der Waals surface area (Å²) in [5, 5.41) is 21.3. The Kier molecular flexibility index (Phi) is 3.90. The van der Waals surface area contributed by atoms with Gasteiger partial charge in [0.05, 0.1) is 30.3 Å². The van der Waals surface area contributed by atoms with Crippen LogP contribution in [0.15, 0.2) is 0 Å². The second-order valence-corrected chi connectivity index (χ2v) is 7.22. The molecule has 2 heterocycles. The lowest BCUT2D eigenvalue weighted by molar-refractivity contribution is -0.122. The van der Waals surface area contributed by atoms with Crippen molar-refractivity contribution in [2.75, 3.05) is 31.1 Å². The average molecular weight is 278 g/mol.